The van der Waals surface area contributed by atoms with Crippen molar-refractivity contribution in [2.75, 3.05) is 24.2 Å². The second-order valence-corrected chi connectivity index (χ2v) is 7.06. The smallest absolute Gasteiger partial charge is 0.267 e. The average molecular weight is 372 g/mol. The molecule has 0 radical (unpaired) electrons. The Balaban J connectivity index is 2.44. The Kier molecular flexibility index (Phi) is 4.38. The molecule has 0 aliphatic carbocycles. The highest BCUT2D eigenvalue weighted by atomic mass is 79.9. The molecule has 6 nitrogen and oxygen atoms in total. The van der Waals surface area contributed by atoms with Gasteiger partial charge in [-0.15, -0.1) is 0 Å². The van der Waals surface area contributed by atoms with E-state index in [9.17, 15) is 8.42 Å². The third-order valence-electron chi connectivity index (χ3n) is 2.92. The maximum absolute atomic E-state index is 12.6. The molecule has 2 N–H and O–H groups in total. The van der Waals surface area contributed by atoms with Crippen LogP contribution in [0.15, 0.2) is 45.9 Å². The number of nitrogens with zero attached hydrogens (tertiary/aromatic N) is 2. The number of ether oxygens (including phenoxy) is 1. The lowest BCUT2D eigenvalue weighted by molar-refractivity contribution is 0.415. The summed E-state index contributed by atoms with van der Waals surface area (Å²) in [6.45, 7) is 0. The molecule has 0 amide bonds. The quantitative estimate of drug-likeness (QED) is 0.890. The number of anilines is 2. The molecule has 8 heteroatoms. The Morgan fingerprint density at radius 1 is 1.29 bits per heavy atom. The van der Waals surface area contributed by atoms with Crippen LogP contribution in [0.25, 0.3) is 0 Å². The maximum atomic E-state index is 12.6. The molecule has 0 aliphatic heterocycles. The van der Waals surface area contributed by atoms with Crippen molar-refractivity contribution in [1.82, 2.24) is 4.98 Å². The number of halogens is 1. The monoisotopic (exact) mass is 371 g/mol. The van der Waals surface area contributed by atoms with Gasteiger partial charge in [0, 0.05) is 17.7 Å². The summed E-state index contributed by atoms with van der Waals surface area (Å²) in [4.78, 5) is 3.81. The Morgan fingerprint density at radius 3 is 2.48 bits per heavy atom. The molecule has 2 rings (SSSR count). The molecule has 0 spiro atoms. The van der Waals surface area contributed by atoms with Crippen LogP contribution in [0.2, 0.25) is 0 Å². The number of benzene rings is 1. The van der Waals surface area contributed by atoms with Gasteiger partial charge in [-0.1, -0.05) is 0 Å². The molecule has 0 fully saturated rings. The zero-order valence-electron chi connectivity index (χ0n) is 11.4. The number of hydrogen-bond acceptors (Lipinski definition) is 5. The van der Waals surface area contributed by atoms with Crippen LogP contribution < -0.4 is 14.8 Å². The minimum absolute atomic E-state index is 0.0430. The Hall–Kier alpha value is -1.80. The van der Waals surface area contributed by atoms with E-state index in [1.807, 2.05) is 0 Å². The van der Waals surface area contributed by atoms with Gasteiger partial charge in [-0.2, -0.15) is 0 Å². The summed E-state index contributed by atoms with van der Waals surface area (Å²) in [6, 6.07) is 8.10. The lowest BCUT2D eigenvalue weighted by Crippen LogP contribution is -2.27. The molecular weight excluding hydrogens is 358 g/mol. The summed E-state index contributed by atoms with van der Waals surface area (Å²) < 4.78 is 32.0. The molecule has 0 saturated carbocycles. The third kappa shape index (κ3) is 3.11. The van der Waals surface area contributed by atoms with Gasteiger partial charge in [0.1, 0.15) is 16.5 Å². The highest BCUT2D eigenvalue weighted by Crippen LogP contribution is 2.27. The van der Waals surface area contributed by atoms with Crippen LogP contribution in [0, 0.1) is 0 Å². The van der Waals surface area contributed by atoms with Crippen molar-refractivity contribution in [2.45, 2.75) is 4.90 Å². The van der Waals surface area contributed by atoms with Gasteiger partial charge in [-0.3, -0.25) is 4.31 Å². The van der Waals surface area contributed by atoms with Crippen LogP contribution in [-0.2, 0) is 10.0 Å². The lowest BCUT2D eigenvalue weighted by atomic mass is 10.3. The van der Waals surface area contributed by atoms with E-state index in [2.05, 4.69) is 20.9 Å². The van der Waals surface area contributed by atoms with Gasteiger partial charge >= 0.3 is 0 Å². The van der Waals surface area contributed by atoms with Crippen molar-refractivity contribution in [3.8, 4) is 5.75 Å². The number of methoxy groups -OCH3 is 1. The van der Waals surface area contributed by atoms with E-state index in [1.165, 1.54) is 19.3 Å². The van der Waals surface area contributed by atoms with Gasteiger partial charge in [0.2, 0.25) is 0 Å². The standard InChI is InChI=1S/C13H14BrN3O3S/c1-17(10-3-5-11(20-2)6-4-10)21(18,19)12-7-9(14)8-16-13(12)15/h3-8H,1-2H3,(H2,15,16). The summed E-state index contributed by atoms with van der Waals surface area (Å²) in [5.41, 5.74) is 6.17. The van der Waals surface area contributed by atoms with E-state index in [0.29, 0.717) is 15.9 Å². The summed E-state index contributed by atoms with van der Waals surface area (Å²) in [5, 5.41) is 0. The van der Waals surface area contributed by atoms with Crippen LogP contribution in [-0.4, -0.2) is 27.6 Å². The molecule has 0 atom stereocenters. The molecular formula is C13H14BrN3O3S. The summed E-state index contributed by atoms with van der Waals surface area (Å²) in [7, 11) is -0.789. The summed E-state index contributed by atoms with van der Waals surface area (Å²) in [6.07, 6.45) is 1.45. The molecule has 0 bridgehead atoms. The number of hydrogen-bond donors (Lipinski definition) is 1. The molecule has 1 aromatic heterocycles. The van der Waals surface area contributed by atoms with Crippen LogP contribution in [0.1, 0.15) is 0 Å². The fraction of sp³-hybridized carbons (Fsp3) is 0.154. The minimum atomic E-state index is -3.79. The van der Waals surface area contributed by atoms with Crippen molar-refractivity contribution >= 4 is 37.5 Å². The van der Waals surface area contributed by atoms with Gasteiger partial charge in [0.05, 0.1) is 12.8 Å². The van der Waals surface area contributed by atoms with Gasteiger partial charge in [0.25, 0.3) is 10.0 Å². The van der Waals surface area contributed by atoms with Gasteiger partial charge in [0.15, 0.2) is 0 Å². The molecule has 0 aliphatic rings. The number of nitrogens with two attached hydrogens (primary N) is 1. The summed E-state index contributed by atoms with van der Waals surface area (Å²) >= 11 is 3.20. The second-order valence-electron chi connectivity index (χ2n) is 4.21. The number of aromatic nitrogens is 1. The molecule has 21 heavy (non-hydrogen) atoms. The molecule has 1 heterocycles. The molecule has 2 aromatic rings. The second kappa shape index (κ2) is 5.90. The predicted molar refractivity (Wildman–Crippen MR) is 84.9 cm³/mol. The highest BCUT2D eigenvalue weighted by Gasteiger charge is 2.24. The van der Waals surface area contributed by atoms with Gasteiger partial charge < -0.3 is 10.5 Å². The van der Waals surface area contributed by atoms with E-state index in [4.69, 9.17) is 10.5 Å². The van der Waals surface area contributed by atoms with Crippen LogP contribution in [0.3, 0.4) is 0 Å². The van der Waals surface area contributed by atoms with E-state index in [0.717, 1.165) is 4.31 Å². The predicted octanol–water partition coefficient (Wildman–Crippen LogP) is 2.26. The molecule has 112 valence electrons. The number of rotatable bonds is 4. The molecule has 0 unspecified atom stereocenters. The summed E-state index contributed by atoms with van der Waals surface area (Å²) in [5.74, 6) is 0.603. The van der Waals surface area contributed by atoms with Crippen molar-refractivity contribution in [2.24, 2.45) is 0 Å². The minimum Gasteiger partial charge on any atom is -0.497 e. The first kappa shape index (κ1) is 15.6. The van der Waals surface area contributed by atoms with E-state index in [1.54, 1.807) is 31.4 Å². The normalized spacial score (nSPS) is 11.2. The topological polar surface area (TPSA) is 85.5 Å². The highest BCUT2D eigenvalue weighted by molar-refractivity contribution is 9.10. The largest absolute Gasteiger partial charge is 0.497 e. The van der Waals surface area contributed by atoms with Crippen molar-refractivity contribution in [3.05, 3.63) is 41.0 Å². The van der Waals surface area contributed by atoms with E-state index < -0.39 is 10.0 Å². The number of pyridine rings is 1. The van der Waals surface area contributed by atoms with E-state index in [-0.39, 0.29) is 10.7 Å². The SMILES string of the molecule is COc1ccc(N(C)S(=O)(=O)c2cc(Br)cnc2N)cc1. The van der Waals surface area contributed by atoms with Crippen molar-refractivity contribution in [1.29, 1.82) is 0 Å². The Morgan fingerprint density at radius 2 is 1.90 bits per heavy atom. The fourth-order valence-electron chi connectivity index (χ4n) is 1.72. The fourth-order valence-corrected chi connectivity index (χ4v) is 3.49. The third-order valence-corrected chi connectivity index (χ3v) is 5.17. The van der Waals surface area contributed by atoms with Crippen LogP contribution in [0.4, 0.5) is 11.5 Å². The Bertz CT molecular complexity index is 748. The van der Waals surface area contributed by atoms with Crippen molar-refractivity contribution < 1.29 is 13.2 Å². The van der Waals surface area contributed by atoms with Crippen LogP contribution >= 0.6 is 15.9 Å². The number of nitrogen functional groups attached to an aromatic ring is 1. The zero-order valence-corrected chi connectivity index (χ0v) is 13.8. The van der Waals surface area contributed by atoms with Gasteiger partial charge in [-0.05, 0) is 46.3 Å². The zero-order chi connectivity index (χ0) is 15.6. The first-order valence-electron chi connectivity index (χ1n) is 5.90. The Labute approximate surface area is 131 Å². The first-order valence-corrected chi connectivity index (χ1v) is 8.13. The maximum Gasteiger partial charge on any atom is 0.267 e. The molecule has 0 saturated heterocycles. The number of sulfonamides is 1. The first-order chi connectivity index (χ1) is 9.86. The van der Waals surface area contributed by atoms with Crippen LogP contribution in [0.5, 0.6) is 5.75 Å². The lowest BCUT2D eigenvalue weighted by Gasteiger charge is -2.20. The van der Waals surface area contributed by atoms with E-state index >= 15 is 0 Å². The molecule has 1 aromatic carbocycles. The van der Waals surface area contributed by atoms with Gasteiger partial charge in [-0.25, -0.2) is 13.4 Å². The van der Waals surface area contributed by atoms with Crippen molar-refractivity contribution in [3.63, 3.8) is 0 Å². The average Bonchev–Trinajstić information content (AvgIpc) is 2.49.